The summed E-state index contributed by atoms with van der Waals surface area (Å²) in [5, 5.41) is 0. The molecule has 3 nitrogen and oxygen atoms in total. The molecule has 23 heavy (non-hydrogen) atoms. The van der Waals surface area contributed by atoms with Gasteiger partial charge in [-0.25, -0.2) is 0 Å². The molecule has 3 heteroatoms. The summed E-state index contributed by atoms with van der Waals surface area (Å²) in [7, 11) is 0. The molecule has 0 N–H and O–H groups in total. The van der Waals surface area contributed by atoms with Crippen LogP contribution < -0.4 is 0 Å². The minimum atomic E-state index is -0.450. The van der Waals surface area contributed by atoms with E-state index < -0.39 is 11.6 Å². The van der Waals surface area contributed by atoms with E-state index in [2.05, 4.69) is 4.90 Å². The van der Waals surface area contributed by atoms with Crippen molar-refractivity contribution in [3.8, 4) is 0 Å². The Labute approximate surface area is 136 Å². The first-order valence-electron chi connectivity index (χ1n) is 8.19. The highest BCUT2D eigenvalue weighted by atomic mass is 16.2. The van der Waals surface area contributed by atoms with Crippen LogP contribution in [0.1, 0.15) is 45.5 Å². The number of carbonyl (C=O) groups excluding carboxylic acids is 2. The van der Waals surface area contributed by atoms with Crippen LogP contribution in [0.3, 0.4) is 0 Å². The van der Waals surface area contributed by atoms with E-state index in [1.807, 2.05) is 18.2 Å². The van der Waals surface area contributed by atoms with E-state index in [0.29, 0.717) is 11.1 Å². The molecule has 0 radical (unpaired) electrons. The standard InChI is InChI=1S/C20H21NO2/c22-19(17-7-3-1-4-8-17)20(23)18-11-9-16(10-12-18)15-21-13-5-2-6-14-21/h1,3-4,7-12H,2,5-6,13-15H2. The van der Waals surface area contributed by atoms with Crippen LogP contribution in [0, 0.1) is 0 Å². The average Bonchev–Trinajstić information content (AvgIpc) is 2.63. The Hall–Kier alpha value is -2.26. The van der Waals surface area contributed by atoms with E-state index in [1.165, 1.54) is 24.8 Å². The number of carbonyl (C=O) groups is 2. The molecule has 0 aromatic heterocycles. The van der Waals surface area contributed by atoms with Crippen molar-refractivity contribution in [2.75, 3.05) is 13.1 Å². The summed E-state index contributed by atoms with van der Waals surface area (Å²) in [6.45, 7) is 3.21. The summed E-state index contributed by atoms with van der Waals surface area (Å²) in [6, 6.07) is 16.2. The second-order valence-corrected chi connectivity index (χ2v) is 6.06. The van der Waals surface area contributed by atoms with E-state index in [-0.39, 0.29) is 0 Å². The Morgan fingerprint density at radius 2 is 1.30 bits per heavy atom. The predicted octanol–water partition coefficient (Wildman–Crippen LogP) is 3.74. The van der Waals surface area contributed by atoms with Gasteiger partial charge in [0.25, 0.3) is 0 Å². The maximum absolute atomic E-state index is 12.3. The Bertz CT molecular complexity index is 671. The van der Waals surface area contributed by atoms with Crippen LogP contribution in [0.2, 0.25) is 0 Å². The maximum atomic E-state index is 12.3. The fraction of sp³-hybridized carbons (Fsp3) is 0.300. The molecule has 0 bridgehead atoms. The second-order valence-electron chi connectivity index (χ2n) is 6.06. The second kappa shape index (κ2) is 7.34. The molecule has 118 valence electrons. The largest absolute Gasteiger partial charge is 0.299 e. The Morgan fingerprint density at radius 3 is 1.91 bits per heavy atom. The number of likely N-dealkylation sites (tertiary alicyclic amines) is 1. The van der Waals surface area contributed by atoms with Gasteiger partial charge in [-0.1, -0.05) is 61.0 Å². The molecule has 1 fully saturated rings. The summed E-state index contributed by atoms with van der Waals surface area (Å²) < 4.78 is 0. The molecule has 3 rings (SSSR count). The fourth-order valence-corrected chi connectivity index (χ4v) is 2.99. The van der Waals surface area contributed by atoms with Crippen molar-refractivity contribution in [3.63, 3.8) is 0 Å². The fourth-order valence-electron chi connectivity index (χ4n) is 2.99. The third-order valence-corrected chi connectivity index (χ3v) is 4.31. The van der Waals surface area contributed by atoms with Crippen LogP contribution in [0.15, 0.2) is 54.6 Å². The number of hydrogen-bond acceptors (Lipinski definition) is 3. The Morgan fingerprint density at radius 1 is 0.739 bits per heavy atom. The summed E-state index contributed by atoms with van der Waals surface area (Å²) in [5.74, 6) is -0.893. The first kappa shape index (κ1) is 15.6. The topological polar surface area (TPSA) is 37.4 Å². The van der Waals surface area contributed by atoms with Crippen LogP contribution >= 0.6 is 0 Å². The molecule has 0 unspecified atom stereocenters. The highest BCUT2D eigenvalue weighted by Gasteiger charge is 2.18. The Balaban J connectivity index is 1.66. The zero-order valence-corrected chi connectivity index (χ0v) is 13.2. The first-order valence-corrected chi connectivity index (χ1v) is 8.19. The lowest BCUT2D eigenvalue weighted by molar-refractivity contribution is 0.0817. The van der Waals surface area contributed by atoms with Gasteiger partial charge in [0.1, 0.15) is 0 Å². The van der Waals surface area contributed by atoms with Crippen molar-refractivity contribution in [1.29, 1.82) is 0 Å². The number of rotatable bonds is 5. The lowest BCUT2D eigenvalue weighted by Crippen LogP contribution is -2.29. The number of Topliss-reactive ketones (excluding diaryl/α,β-unsaturated/α-hetero) is 2. The molecule has 0 atom stereocenters. The summed E-state index contributed by atoms with van der Waals surface area (Å²) in [4.78, 5) is 26.9. The van der Waals surface area contributed by atoms with Crippen molar-refractivity contribution in [1.82, 2.24) is 4.90 Å². The molecule has 0 saturated carbocycles. The molecular formula is C20H21NO2. The van der Waals surface area contributed by atoms with E-state index >= 15 is 0 Å². The van der Waals surface area contributed by atoms with Gasteiger partial charge >= 0.3 is 0 Å². The molecule has 0 aliphatic carbocycles. The zero-order chi connectivity index (χ0) is 16.1. The minimum absolute atomic E-state index is 0.440. The Kier molecular flexibility index (Phi) is 4.99. The van der Waals surface area contributed by atoms with Crippen molar-refractivity contribution in [2.45, 2.75) is 25.8 Å². The van der Waals surface area contributed by atoms with Crippen LogP contribution in [0.25, 0.3) is 0 Å². The molecule has 0 spiro atoms. The predicted molar refractivity (Wildman–Crippen MR) is 90.7 cm³/mol. The van der Waals surface area contributed by atoms with Gasteiger partial charge in [0.2, 0.25) is 11.6 Å². The molecule has 2 aromatic rings. The van der Waals surface area contributed by atoms with Gasteiger partial charge in [-0.05, 0) is 31.5 Å². The van der Waals surface area contributed by atoms with Crippen molar-refractivity contribution in [2.24, 2.45) is 0 Å². The maximum Gasteiger partial charge on any atom is 0.233 e. The van der Waals surface area contributed by atoms with Crippen LogP contribution in [-0.2, 0) is 6.54 Å². The van der Waals surface area contributed by atoms with Gasteiger partial charge in [0.05, 0.1) is 0 Å². The number of hydrogen-bond donors (Lipinski definition) is 0. The van der Waals surface area contributed by atoms with E-state index in [1.54, 1.807) is 36.4 Å². The minimum Gasteiger partial charge on any atom is -0.299 e. The number of benzene rings is 2. The van der Waals surface area contributed by atoms with E-state index in [0.717, 1.165) is 19.6 Å². The van der Waals surface area contributed by atoms with Crippen LogP contribution in [-0.4, -0.2) is 29.6 Å². The molecule has 2 aromatic carbocycles. The third kappa shape index (κ3) is 3.93. The molecule has 1 heterocycles. The van der Waals surface area contributed by atoms with Gasteiger partial charge in [-0.3, -0.25) is 14.5 Å². The smallest absolute Gasteiger partial charge is 0.233 e. The summed E-state index contributed by atoms with van der Waals surface area (Å²) >= 11 is 0. The average molecular weight is 307 g/mol. The third-order valence-electron chi connectivity index (χ3n) is 4.31. The van der Waals surface area contributed by atoms with E-state index in [9.17, 15) is 9.59 Å². The zero-order valence-electron chi connectivity index (χ0n) is 13.2. The highest BCUT2D eigenvalue weighted by molar-refractivity contribution is 6.49. The number of nitrogens with zero attached hydrogens (tertiary/aromatic N) is 1. The molecule has 1 saturated heterocycles. The van der Waals surface area contributed by atoms with Gasteiger partial charge in [-0.15, -0.1) is 0 Å². The number of ketones is 2. The summed E-state index contributed by atoms with van der Waals surface area (Å²) in [6.07, 6.45) is 3.86. The monoisotopic (exact) mass is 307 g/mol. The van der Waals surface area contributed by atoms with Crippen LogP contribution in [0.4, 0.5) is 0 Å². The lowest BCUT2D eigenvalue weighted by atomic mass is 10.0. The molecule has 1 aliphatic rings. The van der Waals surface area contributed by atoms with Crippen molar-refractivity contribution < 1.29 is 9.59 Å². The van der Waals surface area contributed by atoms with Crippen molar-refractivity contribution >= 4 is 11.6 Å². The van der Waals surface area contributed by atoms with E-state index in [4.69, 9.17) is 0 Å². The molecule has 1 aliphatic heterocycles. The highest BCUT2D eigenvalue weighted by Crippen LogP contribution is 2.14. The quantitative estimate of drug-likeness (QED) is 0.624. The normalized spacial score (nSPS) is 15.3. The van der Waals surface area contributed by atoms with Gasteiger partial charge < -0.3 is 0 Å². The van der Waals surface area contributed by atoms with Crippen LogP contribution in [0.5, 0.6) is 0 Å². The van der Waals surface area contributed by atoms with Gasteiger partial charge in [0, 0.05) is 17.7 Å². The van der Waals surface area contributed by atoms with Gasteiger partial charge in [0.15, 0.2) is 0 Å². The summed E-state index contributed by atoms with van der Waals surface area (Å²) in [5.41, 5.74) is 2.09. The lowest BCUT2D eigenvalue weighted by Gasteiger charge is -2.26. The SMILES string of the molecule is O=C(C(=O)c1ccc(CN2CCCCC2)cc1)c1ccccc1. The van der Waals surface area contributed by atoms with Crippen molar-refractivity contribution in [3.05, 3.63) is 71.3 Å². The van der Waals surface area contributed by atoms with Gasteiger partial charge in [-0.2, -0.15) is 0 Å². The number of piperidine rings is 1. The molecular weight excluding hydrogens is 286 g/mol. The molecule has 0 amide bonds. The first-order chi connectivity index (χ1) is 11.2.